The van der Waals surface area contributed by atoms with Crippen LogP contribution in [0.25, 0.3) is 0 Å². The van der Waals surface area contributed by atoms with Crippen LogP contribution in [0.2, 0.25) is 0 Å². The average Bonchev–Trinajstić information content (AvgIpc) is 2.78. The number of fused-ring (bicyclic) bond motifs is 1. The lowest BCUT2D eigenvalue weighted by molar-refractivity contribution is -0.107. The van der Waals surface area contributed by atoms with Gasteiger partial charge in [0.1, 0.15) is 12.0 Å². The average molecular weight is 440 g/mol. The van der Waals surface area contributed by atoms with Crippen molar-refractivity contribution in [1.29, 1.82) is 0 Å². The number of carbonyl (C=O) groups excluding carboxylic acids is 1. The Morgan fingerprint density at radius 1 is 1.34 bits per heavy atom. The quantitative estimate of drug-likeness (QED) is 0.407. The Morgan fingerprint density at radius 2 is 2.09 bits per heavy atom. The molecular weight excluding hydrogens is 398 g/mol. The van der Waals surface area contributed by atoms with Crippen molar-refractivity contribution in [1.82, 2.24) is 9.97 Å². The minimum atomic E-state index is 0.297. The molecule has 0 radical (unpaired) electrons. The molecule has 1 fully saturated rings. The number of nitrogens with zero attached hydrogens (tertiary/aromatic N) is 3. The number of nitrogens with two attached hydrogens (primary N) is 1. The Bertz CT molecular complexity index is 894. The highest BCUT2D eigenvalue weighted by Gasteiger charge is 2.52. The van der Waals surface area contributed by atoms with Gasteiger partial charge in [0.25, 0.3) is 0 Å². The minimum Gasteiger partial charge on any atom is -0.382 e. The molecule has 1 unspecified atom stereocenters. The van der Waals surface area contributed by atoms with Crippen molar-refractivity contribution in [2.45, 2.75) is 73.1 Å². The van der Waals surface area contributed by atoms with E-state index in [1.54, 1.807) is 17.5 Å². The molecular formula is C26H41N5O. The molecule has 0 spiro atoms. The first-order chi connectivity index (χ1) is 15.2. The lowest BCUT2D eigenvalue weighted by Gasteiger charge is -2.58. The fourth-order valence-corrected chi connectivity index (χ4v) is 6.20. The lowest BCUT2D eigenvalue weighted by Crippen LogP contribution is -2.49. The monoisotopic (exact) mass is 439 g/mol. The molecule has 1 amide bonds. The molecule has 1 aromatic heterocycles. The number of nitrogen functional groups attached to an aromatic ring is 1. The molecule has 1 saturated carbocycles. The number of amides is 1. The molecule has 6 heteroatoms. The molecule has 3 rings (SSSR count). The van der Waals surface area contributed by atoms with Gasteiger partial charge in [-0.3, -0.25) is 4.79 Å². The number of rotatable bonds is 8. The van der Waals surface area contributed by atoms with E-state index in [2.05, 4.69) is 62.1 Å². The van der Waals surface area contributed by atoms with Crippen molar-refractivity contribution < 1.29 is 4.79 Å². The Morgan fingerprint density at radius 3 is 2.78 bits per heavy atom. The fourth-order valence-electron chi connectivity index (χ4n) is 6.20. The third kappa shape index (κ3) is 4.41. The third-order valence-electron chi connectivity index (χ3n) is 8.79. The van der Waals surface area contributed by atoms with Crippen molar-refractivity contribution >= 4 is 23.7 Å². The van der Waals surface area contributed by atoms with E-state index < -0.39 is 0 Å². The highest BCUT2D eigenvalue weighted by molar-refractivity contribution is 5.88. The van der Waals surface area contributed by atoms with Crippen molar-refractivity contribution in [3.63, 3.8) is 0 Å². The van der Waals surface area contributed by atoms with Gasteiger partial charge in [-0.05, 0) is 75.0 Å². The van der Waals surface area contributed by atoms with E-state index in [1.165, 1.54) is 44.0 Å². The summed E-state index contributed by atoms with van der Waals surface area (Å²) in [6.45, 7) is 12.5. The van der Waals surface area contributed by atoms with E-state index in [0.717, 1.165) is 24.7 Å². The second-order valence-corrected chi connectivity index (χ2v) is 10.4. The Hall–Kier alpha value is -2.37. The number of carbonyl (C=O) groups is 1. The summed E-state index contributed by atoms with van der Waals surface area (Å²) < 4.78 is 0. The molecule has 1 aromatic rings. The normalized spacial score (nSPS) is 30.3. The van der Waals surface area contributed by atoms with Crippen LogP contribution in [0.1, 0.15) is 73.1 Å². The summed E-state index contributed by atoms with van der Waals surface area (Å²) in [7, 11) is 1.76. The number of hydrogen-bond acceptors (Lipinski definition) is 5. The van der Waals surface area contributed by atoms with E-state index in [0.29, 0.717) is 34.7 Å². The van der Waals surface area contributed by atoms with Crippen LogP contribution in [0.3, 0.4) is 0 Å². The van der Waals surface area contributed by atoms with Crippen LogP contribution >= 0.6 is 0 Å². The first-order valence-electron chi connectivity index (χ1n) is 12.0. The van der Waals surface area contributed by atoms with Gasteiger partial charge in [0.2, 0.25) is 6.41 Å². The van der Waals surface area contributed by atoms with Crippen LogP contribution in [-0.4, -0.2) is 30.0 Å². The van der Waals surface area contributed by atoms with Crippen LogP contribution in [0, 0.1) is 22.7 Å². The fraction of sp³-hybridized carbons (Fsp3) is 0.654. The van der Waals surface area contributed by atoms with Gasteiger partial charge in [0.15, 0.2) is 11.6 Å². The second-order valence-electron chi connectivity index (χ2n) is 10.4. The van der Waals surface area contributed by atoms with Gasteiger partial charge in [-0.2, -0.15) is 0 Å². The molecule has 0 aromatic carbocycles. The van der Waals surface area contributed by atoms with Crippen LogP contribution in [0.5, 0.6) is 0 Å². The topological polar surface area (TPSA) is 84.1 Å². The molecule has 0 aliphatic heterocycles. The summed E-state index contributed by atoms with van der Waals surface area (Å²) in [6.07, 6.45) is 14.2. The van der Waals surface area contributed by atoms with Gasteiger partial charge in [-0.1, -0.05) is 44.1 Å². The molecule has 6 nitrogen and oxygen atoms in total. The van der Waals surface area contributed by atoms with Crippen LogP contribution < -0.4 is 16.0 Å². The molecule has 2 aliphatic rings. The molecule has 32 heavy (non-hydrogen) atoms. The van der Waals surface area contributed by atoms with Crippen LogP contribution in [-0.2, 0) is 4.79 Å². The third-order valence-corrected chi connectivity index (χ3v) is 8.79. The van der Waals surface area contributed by atoms with Gasteiger partial charge in [-0.15, -0.1) is 0 Å². The molecule has 3 N–H and O–H groups in total. The molecule has 1 heterocycles. The SMILES string of the molecule is CNc1ncnc(N)c1N(C=O)C/C=C(\C)CC[C@]1(C)C2CCC=C(C)[C@]2(C)CC[C@H]1C. The Labute approximate surface area is 193 Å². The number of hydrogen-bond donors (Lipinski definition) is 2. The van der Waals surface area contributed by atoms with Gasteiger partial charge >= 0.3 is 0 Å². The molecule has 4 atom stereocenters. The van der Waals surface area contributed by atoms with E-state index in [1.807, 2.05) is 0 Å². The number of anilines is 3. The van der Waals surface area contributed by atoms with Gasteiger partial charge in [0.05, 0.1) is 0 Å². The summed E-state index contributed by atoms with van der Waals surface area (Å²) in [6, 6.07) is 0. The van der Waals surface area contributed by atoms with E-state index in [4.69, 9.17) is 5.73 Å². The van der Waals surface area contributed by atoms with Crippen molar-refractivity contribution in [2.24, 2.45) is 22.7 Å². The number of nitrogens with one attached hydrogen (secondary N) is 1. The predicted molar refractivity (Wildman–Crippen MR) is 133 cm³/mol. The van der Waals surface area contributed by atoms with Crippen molar-refractivity contribution in [3.05, 3.63) is 29.6 Å². The molecule has 0 bridgehead atoms. The Kier molecular flexibility index (Phi) is 7.31. The van der Waals surface area contributed by atoms with Crippen molar-refractivity contribution in [2.75, 3.05) is 29.5 Å². The first kappa shape index (κ1) is 24.3. The summed E-state index contributed by atoms with van der Waals surface area (Å²) in [5.41, 5.74) is 10.2. The van der Waals surface area contributed by atoms with Gasteiger partial charge < -0.3 is 16.0 Å². The highest BCUT2D eigenvalue weighted by atomic mass is 16.1. The van der Waals surface area contributed by atoms with E-state index in [9.17, 15) is 4.79 Å². The zero-order chi connectivity index (χ0) is 23.5. The van der Waals surface area contributed by atoms with Crippen molar-refractivity contribution in [3.8, 4) is 0 Å². The van der Waals surface area contributed by atoms with E-state index >= 15 is 0 Å². The zero-order valence-electron chi connectivity index (χ0n) is 20.7. The lowest BCUT2D eigenvalue weighted by atomic mass is 9.47. The summed E-state index contributed by atoms with van der Waals surface area (Å²) in [4.78, 5) is 21.6. The highest BCUT2D eigenvalue weighted by Crippen LogP contribution is 2.61. The molecule has 176 valence electrons. The Balaban J connectivity index is 1.72. The second kappa shape index (κ2) is 9.63. The maximum absolute atomic E-state index is 11.8. The number of allylic oxidation sites excluding steroid dienone is 3. The first-order valence-corrected chi connectivity index (χ1v) is 12.0. The van der Waals surface area contributed by atoms with Crippen LogP contribution in [0.15, 0.2) is 29.6 Å². The van der Waals surface area contributed by atoms with Gasteiger partial charge in [-0.25, -0.2) is 9.97 Å². The maximum atomic E-state index is 11.8. The standard InChI is InChI=1S/C26H41N5O/c1-18(12-15-31(17-32)22-23(27)29-16-30-24(22)28-6)10-13-25(4)20(3)11-14-26(5)19(2)8-7-9-21(25)26/h8,12,16-17,20-21H,7,9-11,13-15H2,1-6H3,(H3,27,28,29,30)/b18-12+/t20-,21?,25+,26+/m1/s1. The van der Waals surface area contributed by atoms with Crippen LogP contribution in [0.4, 0.5) is 17.3 Å². The number of aromatic nitrogens is 2. The largest absolute Gasteiger partial charge is 0.382 e. The minimum absolute atomic E-state index is 0.297. The smallest absolute Gasteiger partial charge is 0.214 e. The zero-order valence-corrected chi connectivity index (χ0v) is 20.7. The molecule has 0 saturated heterocycles. The van der Waals surface area contributed by atoms with Gasteiger partial charge in [0, 0.05) is 13.6 Å². The predicted octanol–water partition coefficient (Wildman–Crippen LogP) is 5.59. The maximum Gasteiger partial charge on any atom is 0.214 e. The summed E-state index contributed by atoms with van der Waals surface area (Å²) >= 11 is 0. The summed E-state index contributed by atoms with van der Waals surface area (Å²) in [5.74, 6) is 2.32. The van der Waals surface area contributed by atoms with E-state index in [-0.39, 0.29) is 0 Å². The summed E-state index contributed by atoms with van der Waals surface area (Å²) in [5, 5.41) is 2.99. The molecule has 2 aliphatic carbocycles.